The minimum Gasteiger partial charge on any atom is -0.395 e. The summed E-state index contributed by atoms with van der Waals surface area (Å²) in [5.74, 6) is 0. The normalized spacial score (nSPS) is 34.7. The lowest BCUT2D eigenvalue weighted by atomic mass is 10.0. The second kappa shape index (κ2) is 5.63. The van der Waals surface area contributed by atoms with Crippen LogP contribution in [0.15, 0.2) is 0 Å². The Balaban J connectivity index is 2.48. The van der Waals surface area contributed by atoms with Gasteiger partial charge in [0.25, 0.3) is 0 Å². The predicted octanol–water partition coefficient (Wildman–Crippen LogP) is -1.31. The molecule has 84 valence electrons. The van der Waals surface area contributed by atoms with E-state index >= 15 is 0 Å². The molecule has 1 aliphatic rings. The van der Waals surface area contributed by atoms with Gasteiger partial charge in [0.2, 0.25) is 0 Å². The van der Waals surface area contributed by atoms with E-state index in [4.69, 9.17) is 5.11 Å². The maximum atomic E-state index is 9.62. The van der Waals surface area contributed by atoms with E-state index in [2.05, 4.69) is 12.3 Å². The first-order chi connectivity index (χ1) is 6.70. The van der Waals surface area contributed by atoms with Gasteiger partial charge in [-0.2, -0.15) is 0 Å². The van der Waals surface area contributed by atoms with Crippen LogP contribution < -0.4 is 5.43 Å². The minimum atomic E-state index is -0.863. The highest BCUT2D eigenvalue weighted by atomic mass is 16.3. The molecule has 0 aromatic rings. The number of β-amino-alcohol motifs (C(OH)–C–C–N with tert-alkyl or cyclic N) is 1. The zero-order valence-corrected chi connectivity index (χ0v) is 8.56. The van der Waals surface area contributed by atoms with Gasteiger partial charge >= 0.3 is 0 Å². The van der Waals surface area contributed by atoms with E-state index in [0.29, 0.717) is 6.54 Å². The van der Waals surface area contributed by atoms with Gasteiger partial charge in [-0.25, -0.2) is 5.01 Å². The van der Waals surface area contributed by atoms with Crippen LogP contribution in [0.3, 0.4) is 0 Å². The Bertz CT molecular complexity index is 166. The van der Waals surface area contributed by atoms with Gasteiger partial charge in [0.05, 0.1) is 18.8 Å². The molecule has 0 unspecified atom stereocenters. The van der Waals surface area contributed by atoms with E-state index in [1.54, 1.807) is 0 Å². The Kier molecular flexibility index (Phi) is 4.77. The summed E-state index contributed by atoms with van der Waals surface area (Å²) in [5.41, 5.74) is 3.00. The zero-order chi connectivity index (χ0) is 10.6. The maximum absolute atomic E-state index is 9.62. The molecule has 0 aromatic carbocycles. The molecule has 1 rings (SSSR count). The van der Waals surface area contributed by atoms with Gasteiger partial charge < -0.3 is 15.3 Å². The van der Waals surface area contributed by atoms with Gasteiger partial charge in [-0.05, 0) is 6.42 Å². The van der Waals surface area contributed by atoms with Crippen molar-refractivity contribution < 1.29 is 15.3 Å². The number of unbranched alkanes of at least 4 members (excludes halogenated alkanes) is 1. The molecule has 1 heterocycles. The molecule has 0 spiro atoms. The Hall–Kier alpha value is -0.200. The quantitative estimate of drug-likeness (QED) is 0.457. The van der Waals surface area contributed by atoms with Gasteiger partial charge in [-0.15, -0.1) is 0 Å². The third-order valence-corrected chi connectivity index (χ3v) is 2.63. The first-order valence-electron chi connectivity index (χ1n) is 5.17. The van der Waals surface area contributed by atoms with Crippen molar-refractivity contribution in [1.82, 2.24) is 10.4 Å². The lowest BCUT2D eigenvalue weighted by Crippen LogP contribution is -2.64. The fourth-order valence-corrected chi connectivity index (χ4v) is 1.67. The van der Waals surface area contributed by atoms with Crippen molar-refractivity contribution in [3.63, 3.8) is 0 Å². The fourth-order valence-electron chi connectivity index (χ4n) is 1.67. The van der Waals surface area contributed by atoms with Crippen LogP contribution in [0.1, 0.15) is 19.8 Å². The topological polar surface area (TPSA) is 76.0 Å². The smallest absolute Gasteiger partial charge is 0.100 e. The molecule has 1 fully saturated rings. The Morgan fingerprint density at radius 3 is 2.71 bits per heavy atom. The zero-order valence-electron chi connectivity index (χ0n) is 8.56. The molecule has 0 radical (unpaired) electrons. The van der Waals surface area contributed by atoms with Crippen molar-refractivity contribution >= 4 is 0 Å². The van der Waals surface area contributed by atoms with E-state index in [9.17, 15) is 10.2 Å². The molecule has 0 saturated carbocycles. The lowest BCUT2D eigenvalue weighted by molar-refractivity contribution is -0.108. The number of nitrogens with zero attached hydrogens (tertiary/aromatic N) is 1. The summed E-state index contributed by atoms with van der Waals surface area (Å²) in [4.78, 5) is 0. The average molecular weight is 204 g/mol. The summed E-state index contributed by atoms with van der Waals surface area (Å²) in [5, 5.41) is 29.9. The van der Waals surface area contributed by atoms with Crippen LogP contribution >= 0.6 is 0 Å². The molecule has 14 heavy (non-hydrogen) atoms. The Morgan fingerprint density at radius 2 is 2.14 bits per heavy atom. The molecule has 1 aliphatic heterocycles. The monoisotopic (exact) mass is 204 g/mol. The van der Waals surface area contributed by atoms with Gasteiger partial charge in [-0.3, -0.25) is 5.43 Å². The summed E-state index contributed by atoms with van der Waals surface area (Å²) >= 11 is 0. The molecule has 0 aromatic heterocycles. The largest absolute Gasteiger partial charge is 0.395 e. The Morgan fingerprint density at radius 1 is 1.43 bits per heavy atom. The summed E-state index contributed by atoms with van der Waals surface area (Å²) in [6.45, 7) is 3.07. The van der Waals surface area contributed by atoms with Gasteiger partial charge in [0.15, 0.2) is 0 Å². The molecule has 5 heteroatoms. The molecular weight excluding hydrogens is 184 g/mol. The first-order valence-corrected chi connectivity index (χ1v) is 5.17. The minimum absolute atomic E-state index is 0.144. The van der Waals surface area contributed by atoms with Gasteiger partial charge in [0.1, 0.15) is 6.10 Å². The van der Waals surface area contributed by atoms with Crippen molar-refractivity contribution in [1.29, 1.82) is 0 Å². The van der Waals surface area contributed by atoms with Crippen molar-refractivity contribution in [2.75, 3.05) is 19.7 Å². The summed E-state index contributed by atoms with van der Waals surface area (Å²) in [6, 6.07) is -0.398. The van der Waals surface area contributed by atoms with Crippen LogP contribution in [-0.4, -0.2) is 58.3 Å². The van der Waals surface area contributed by atoms with E-state index in [1.165, 1.54) is 0 Å². The number of hydrogen-bond acceptors (Lipinski definition) is 5. The molecule has 0 bridgehead atoms. The number of aliphatic hydroxyl groups is 3. The summed E-state index contributed by atoms with van der Waals surface area (Å²) < 4.78 is 0. The third kappa shape index (κ3) is 2.65. The second-order valence-electron chi connectivity index (χ2n) is 3.72. The van der Waals surface area contributed by atoms with E-state index in [0.717, 1.165) is 19.4 Å². The highest BCUT2D eigenvalue weighted by molar-refractivity contribution is 4.87. The molecule has 1 saturated heterocycles. The number of nitrogens with one attached hydrogen (secondary N) is 1. The SMILES string of the molecule is CCCCN1NC[C@@H](O)[C@@H](O)[C@H]1CO. The average Bonchev–Trinajstić information content (AvgIpc) is 2.20. The Labute approximate surface area is 84.3 Å². The summed E-state index contributed by atoms with van der Waals surface area (Å²) in [7, 11) is 0. The van der Waals surface area contributed by atoms with Crippen molar-refractivity contribution in [2.45, 2.75) is 38.0 Å². The molecule has 0 aliphatic carbocycles. The van der Waals surface area contributed by atoms with E-state index in [1.807, 2.05) is 5.01 Å². The van der Waals surface area contributed by atoms with Crippen molar-refractivity contribution in [3.8, 4) is 0 Å². The van der Waals surface area contributed by atoms with Crippen LogP contribution in [-0.2, 0) is 0 Å². The van der Waals surface area contributed by atoms with Crippen LogP contribution in [0.2, 0.25) is 0 Å². The molecular formula is C9H20N2O3. The van der Waals surface area contributed by atoms with Crippen molar-refractivity contribution in [2.24, 2.45) is 0 Å². The van der Waals surface area contributed by atoms with E-state index in [-0.39, 0.29) is 6.61 Å². The fraction of sp³-hybridized carbons (Fsp3) is 1.00. The standard InChI is InChI=1S/C9H20N2O3/c1-2-3-4-11-7(6-12)9(14)8(13)5-10-11/h7-10,12-14H,2-6H2,1H3/t7-,8-,9+/m1/s1. The highest BCUT2D eigenvalue weighted by Gasteiger charge is 2.34. The van der Waals surface area contributed by atoms with E-state index < -0.39 is 18.2 Å². The van der Waals surface area contributed by atoms with Crippen LogP contribution in [0.4, 0.5) is 0 Å². The van der Waals surface area contributed by atoms with Gasteiger partial charge in [-0.1, -0.05) is 13.3 Å². The van der Waals surface area contributed by atoms with Crippen LogP contribution in [0.5, 0.6) is 0 Å². The maximum Gasteiger partial charge on any atom is 0.100 e. The molecule has 3 atom stereocenters. The number of aliphatic hydroxyl groups excluding tert-OH is 3. The third-order valence-electron chi connectivity index (χ3n) is 2.63. The van der Waals surface area contributed by atoms with Gasteiger partial charge in [0, 0.05) is 13.1 Å². The summed E-state index contributed by atoms with van der Waals surface area (Å²) in [6.07, 6.45) is 0.421. The molecule has 5 nitrogen and oxygen atoms in total. The van der Waals surface area contributed by atoms with Crippen LogP contribution in [0.25, 0.3) is 0 Å². The predicted molar refractivity (Wildman–Crippen MR) is 52.5 cm³/mol. The first kappa shape index (κ1) is 11.9. The highest BCUT2D eigenvalue weighted by Crippen LogP contribution is 2.12. The number of hydrogen-bond donors (Lipinski definition) is 4. The second-order valence-corrected chi connectivity index (χ2v) is 3.72. The number of rotatable bonds is 4. The number of hydrazine groups is 1. The van der Waals surface area contributed by atoms with Crippen LogP contribution in [0, 0.1) is 0 Å². The van der Waals surface area contributed by atoms with Crippen molar-refractivity contribution in [3.05, 3.63) is 0 Å². The molecule has 4 N–H and O–H groups in total. The lowest BCUT2D eigenvalue weighted by Gasteiger charge is -2.41. The molecule has 0 amide bonds.